The summed E-state index contributed by atoms with van der Waals surface area (Å²) in [6.45, 7) is 3.72. The molecular formula is C11H18N6O2. The Morgan fingerprint density at radius 2 is 2.21 bits per heavy atom. The predicted molar refractivity (Wildman–Crippen MR) is 72.4 cm³/mol. The molecule has 0 unspecified atom stereocenters. The first-order valence-electron chi connectivity index (χ1n) is 6.36. The Labute approximate surface area is 111 Å². The topological polar surface area (TPSA) is 96.2 Å². The van der Waals surface area contributed by atoms with Crippen molar-refractivity contribution < 1.29 is 4.92 Å². The fraction of sp³-hybridized carbons (Fsp3) is 0.636. The van der Waals surface area contributed by atoms with Gasteiger partial charge in [0.05, 0.1) is 4.92 Å². The third-order valence-corrected chi connectivity index (χ3v) is 3.11. The maximum absolute atomic E-state index is 10.9. The van der Waals surface area contributed by atoms with E-state index in [4.69, 9.17) is 0 Å². The van der Waals surface area contributed by atoms with Gasteiger partial charge >= 0.3 is 5.69 Å². The highest BCUT2D eigenvalue weighted by Gasteiger charge is 2.17. The first kappa shape index (κ1) is 13.5. The Bertz CT molecular complexity index is 447. The smallest absolute Gasteiger partial charge is 0.329 e. The van der Waals surface area contributed by atoms with E-state index in [2.05, 4.69) is 25.5 Å². The van der Waals surface area contributed by atoms with Gasteiger partial charge in [-0.05, 0) is 25.9 Å². The second-order valence-corrected chi connectivity index (χ2v) is 4.41. The van der Waals surface area contributed by atoms with Crippen LogP contribution in [-0.2, 0) is 0 Å². The molecule has 1 aliphatic rings. The van der Waals surface area contributed by atoms with E-state index in [9.17, 15) is 10.1 Å². The van der Waals surface area contributed by atoms with E-state index >= 15 is 0 Å². The fourth-order valence-corrected chi connectivity index (χ4v) is 2.10. The molecule has 0 atom stereocenters. The summed E-state index contributed by atoms with van der Waals surface area (Å²) in [7, 11) is 1.68. The van der Waals surface area contributed by atoms with E-state index in [0.29, 0.717) is 12.5 Å². The summed E-state index contributed by atoms with van der Waals surface area (Å²) in [6, 6.07) is 0. The molecule has 2 rings (SSSR count). The molecule has 0 aliphatic carbocycles. The van der Waals surface area contributed by atoms with Gasteiger partial charge in [0.2, 0.25) is 11.8 Å². The highest BCUT2D eigenvalue weighted by atomic mass is 16.6. The van der Waals surface area contributed by atoms with E-state index < -0.39 is 4.92 Å². The average Bonchev–Trinajstić information content (AvgIpc) is 2.91. The van der Waals surface area contributed by atoms with Crippen LogP contribution in [0.3, 0.4) is 0 Å². The summed E-state index contributed by atoms with van der Waals surface area (Å²) in [4.78, 5) is 20.7. The van der Waals surface area contributed by atoms with Gasteiger partial charge in [0.15, 0.2) is 0 Å². The van der Waals surface area contributed by atoms with Gasteiger partial charge in [0, 0.05) is 20.1 Å². The number of nitro groups is 1. The predicted octanol–water partition coefficient (Wildman–Crippen LogP) is 0.934. The molecule has 1 saturated heterocycles. The van der Waals surface area contributed by atoms with Crippen LogP contribution in [0.15, 0.2) is 6.20 Å². The fourth-order valence-electron chi connectivity index (χ4n) is 2.10. The summed E-state index contributed by atoms with van der Waals surface area (Å²) >= 11 is 0. The molecule has 0 radical (unpaired) electrons. The molecule has 1 fully saturated rings. The van der Waals surface area contributed by atoms with Crippen LogP contribution in [0.5, 0.6) is 0 Å². The Morgan fingerprint density at radius 3 is 2.84 bits per heavy atom. The molecule has 0 aromatic carbocycles. The molecule has 8 nitrogen and oxygen atoms in total. The van der Waals surface area contributed by atoms with Crippen molar-refractivity contribution in [2.75, 3.05) is 43.9 Å². The minimum Gasteiger partial charge on any atom is -0.363 e. The van der Waals surface area contributed by atoms with Crippen molar-refractivity contribution in [3.8, 4) is 0 Å². The number of rotatable bonds is 6. The van der Waals surface area contributed by atoms with Crippen molar-refractivity contribution >= 4 is 17.5 Å². The van der Waals surface area contributed by atoms with Gasteiger partial charge in [-0.15, -0.1) is 0 Å². The quantitative estimate of drug-likeness (QED) is 0.584. The highest BCUT2D eigenvalue weighted by molar-refractivity contribution is 5.56. The standard InChI is InChI=1S/C11H18N6O2/c1-12-11-14-8-9(17(18)19)10(15-11)13-4-7-16-5-2-3-6-16/h8H,2-7H2,1H3,(H2,12,13,14,15). The van der Waals surface area contributed by atoms with Gasteiger partial charge in [-0.3, -0.25) is 10.1 Å². The molecule has 2 N–H and O–H groups in total. The molecule has 0 bridgehead atoms. The lowest BCUT2D eigenvalue weighted by atomic mass is 10.4. The number of likely N-dealkylation sites (tertiary alicyclic amines) is 1. The van der Waals surface area contributed by atoms with Crippen LogP contribution in [0.4, 0.5) is 17.5 Å². The largest absolute Gasteiger partial charge is 0.363 e. The van der Waals surface area contributed by atoms with E-state index in [1.165, 1.54) is 19.0 Å². The van der Waals surface area contributed by atoms with Crippen molar-refractivity contribution in [2.45, 2.75) is 12.8 Å². The Kier molecular flexibility index (Phi) is 4.45. The molecule has 1 aliphatic heterocycles. The SMILES string of the molecule is CNc1ncc([N+](=O)[O-])c(NCCN2CCCC2)n1. The Hall–Kier alpha value is -1.96. The van der Waals surface area contributed by atoms with Gasteiger partial charge in [-0.2, -0.15) is 4.98 Å². The lowest BCUT2D eigenvalue weighted by Crippen LogP contribution is -2.26. The normalized spacial score (nSPS) is 15.4. The number of hydrogen-bond acceptors (Lipinski definition) is 7. The summed E-state index contributed by atoms with van der Waals surface area (Å²) in [5, 5.41) is 16.7. The summed E-state index contributed by atoms with van der Waals surface area (Å²) in [5.74, 6) is 0.637. The van der Waals surface area contributed by atoms with Gasteiger partial charge in [0.1, 0.15) is 6.20 Å². The van der Waals surface area contributed by atoms with Crippen LogP contribution >= 0.6 is 0 Å². The van der Waals surface area contributed by atoms with E-state index in [1.807, 2.05) is 0 Å². The Morgan fingerprint density at radius 1 is 1.47 bits per heavy atom. The van der Waals surface area contributed by atoms with Crippen LogP contribution in [-0.4, -0.2) is 53.0 Å². The molecule has 1 aromatic heterocycles. The number of anilines is 2. The first-order valence-corrected chi connectivity index (χ1v) is 6.36. The van der Waals surface area contributed by atoms with Gasteiger partial charge < -0.3 is 15.5 Å². The van der Waals surface area contributed by atoms with Gasteiger partial charge in [-0.1, -0.05) is 0 Å². The lowest BCUT2D eigenvalue weighted by molar-refractivity contribution is -0.384. The minimum atomic E-state index is -0.475. The van der Waals surface area contributed by atoms with E-state index in [0.717, 1.165) is 19.6 Å². The van der Waals surface area contributed by atoms with Crippen LogP contribution in [0.1, 0.15) is 12.8 Å². The van der Waals surface area contributed by atoms with E-state index in [1.54, 1.807) is 7.05 Å². The molecule has 19 heavy (non-hydrogen) atoms. The maximum atomic E-state index is 10.9. The number of nitrogens with one attached hydrogen (secondary N) is 2. The summed E-state index contributed by atoms with van der Waals surface area (Å²) in [6.07, 6.45) is 3.69. The molecule has 8 heteroatoms. The van der Waals surface area contributed by atoms with Crippen LogP contribution in [0, 0.1) is 10.1 Å². The molecule has 0 saturated carbocycles. The molecule has 2 heterocycles. The first-order chi connectivity index (χ1) is 9.20. The maximum Gasteiger partial charge on any atom is 0.329 e. The lowest BCUT2D eigenvalue weighted by Gasteiger charge is -2.15. The van der Waals surface area contributed by atoms with Crippen molar-refractivity contribution in [2.24, 2.45) is 0 Å². The number of nitrogens with zero attached hydrogens (tertiary/aromatic N) is 4. The minimum absolute atomic E-state index is 0.0968. The van der Waals surface area contributed by atoms with Crippen molar-refractivity contribution in [1.29, 1.82) is 0 Å². The molecular weight excluding hydrogens is 248 g/mol. The molecule has 104 valence electrons. The molecule has 0 amide bonds. The highest BCUT2D eigenvalue weighted by Crippen LogP contribution is 2.21. The van der Waals surface area contributed by atoms with Crippen molar-refractivity contribution in [1.82, 2.24) is 14.9 Å². The number of aromatic nitrogens is 2. The zero-order valence-corrected chi connectivity index (χ0v) is 10.9. The van der Waals surface area contributed by atoms with Gasteiger partial charge in [0.25, 0.3) is 0 Å². The summed E-state index contributed by atoms with van der Waals surface area (Å²) in [5.41, 5.74) is -0.0968. The van der Waals surface area contributed by atoms with Crippen molar-refractivity contribution in [3.63, 3.8) is 0 Å². The second kappa shape index (κ2) is 6.28. The average molecular weight is 266 g/mol. The van der Waals surface area contributed by atoms with Crippen LogP contribution in [0.25, 0.3) is 0 Å². The third kappa shape index (κ3) is 3.50. The van der Waals surface area contributed by atoms with Crippen LogP contribution in [0.2, 0.25) is 0 Å². The summed E-state index contributed by atoms with van der Waals surface area (Å²) < 4.78 is 0. The molecule has 0 spiro atoms. The monoisotopic (exact) mass is 266 g/mol. The van der Waals surface area contributed by atoms with Crippen molar-refractivity contribution in [3.05, 3.63) is 16.3 Å². The Balaban J connectivity index is 1.98. The van der Waals surface area contributed by atoms with E-state index in [-0.39, 0.29) is 11.5 Å². The zero-order valence-electron chi connectivity index (χ0n) is 10.9. The number of hydrogen-bond donors (Lipinski definition) is 2. The second-order valence-electron chi connectivity index (χ2n) is 4.41. The van der Waals surface area contributed by atoms with Gasteiger partial charge in [-0.25, -0.2) is 4.98 Å². The molecule has 1 aromatic rings. The van der Waals surface area contributed by atoms with Crippen LogP contribution < -0.4 is 10.6 Å². The third-order valence-electron chi connectivity index (χ3n) is 3.11. The zero-order chi connectivity index (χ0) is 13.7.